The van der Waals surface area contributed by atoms with Gasteiger partial charge in [0, 0.05) is 12.4 Å². The first-order valence-electron chi connectivity index (χ1n) is 6.35. The van der Waals surface area contributed by atoms with Gasteiger partial charge in [-0.2, -0.15) is 11.8 Å². The first kappa shape index (κ1) is 11.7. The molecule has 0 saturated carbocycles. The summed E-state index contributed by atoms with van der Waals surface area (Å²) < 4.78 is 5.61. The van der Waals surface area contributed by atoms with Crippen LogP contribution in [-0.2, 0) is 4.74 Å². The van der Waals surface area contributed by atoms with Crippen molar-refractivity contribution < 1.29 is 4.74 Å². The molecule has 1 unspecified atom stereocenters. The van der Waals surface area contributed by atoms with Crippen LogP contribution in [0.3, 0.4) is 0 Å². The van der Waals surface area contributed by atoms with E-state index in [4.69, 9.17) is 4.74 Å². The molecule has 3 heteroatoms. The van der Waals surface area contributed by atoms with Crippen molar-refractivity contribution >= 4 is 11.8 Å². The largest absolute Gasteiger partial charge is 0.377 e. The summed E-state index contributed by atoms with van der Waals surface area (Å²) >= 11 is 2.10. The minimum absolute atomic E-state index is 0.572. The van der Waals surface area contributed by atoms with Crippen LogP contribution in [0.5, 0.6) is 0 Å². The van der Waals surface area contributed by atoms with Crippen molar-refractivity contribution in [1.29, 1.82) is 0 Å². The van der Waals surface area contributed by atoms with Gasteiger partial charge in [-0.1, -0.05) is 0 Å². The number of rotatable bonds is 5. The molecule has 0 spiro atoms. The van der Waals surface area contributed by atoms with Crippen molar-refractivity contribution in [3.8, 4) is 0 Å². The summed E-state index contributed by atoms with van der Waals surface area (Å²) in [6.45, 7) is 3.47. The third kappa shape index (κ3) is 4.33. The van der Waals surface area contributed by atoms with Crippen molar-refractivity contribution in [2.75, 3.05) is 31.2 Å². The highest BCUT2D eigenvalue weighted by Crippen LogP contribution is 2.21. The molecular weight excluding hydrogens is 206 g/mol. The lowest BCUT2D eigenvalue weighted by atomic mass is 9.96. The average molecular weight is 229 g/mol. The molecule has 0 bridgehead atoms. The standard InChI is InChI=1S/C12H23NOS/c1-2-12(14-8-1)10-15-9-5-11-3-6-13-7-4-11/h11-13H,1-10H2. The second-order valence-electron chi connectivity index (χ2n) is 4.69. The maximum absolute atomic E-state index is 5.61. The maximum atomic E-state index is 5.61. The minimum Gasteiger partial charge on any atom is -0.377 e. The molecule has 88 valence electrons. The van der Waals surface area contributed by atoms with Gasteiger partial charge in [0.1, 0.15) is 0 Å². The molecule has 0 aromatic carbocycles. The van der Waals surface area contributed by atoms with E-state index in [9.17, 15) is 0 Å². The summed E-state index contributed by atoms with van der Waals surface area (Å²) in [4.78, 5) is 0. The van der Waals surface area contributed by atoms with E-state index in [1.165, 1.54) is 56.7 Å². The van der Waals surface area contributed by atoms with Crippen molar-refractivity contribution in [3.05, 3.63) is 0 Å². The summed E-state index contributed by atoms with van der Waals surface area (Å²) in [6, 6.07) is 0. The molecule has 2 nitrogen and oxygen atoms in total. The second kappa shape index (κ2) is 6.77. The van der Waals surface area contributed by atoms with Crippen LogP contribution >= 0.6 is 11.8 Å². The molecular formula is C12H23NOS. The van der Waals surface area contributed by atoms with E-state index < -0.39 is 0 Å². The van der Waals surface area contributed by atoms with Crippen LogP contribution < -0.4 is 5.32 Å². The molecule has 0 aliphatic carbocycles. The normalized spacial score (nSPS) is 28.4. The minimum atomic E-state index is 0.572. The van der Waals surface area contributed by atoms with Gasteiger partial charge in [0.15, 0.2) is 0 Å². The van der Waals surface area contributed by atoms with Gasteiger partial charge >= 0.3 is 0 Å². The average Bonchev–Trinajstić information content (AvgIpc) is 2.79. The topological polar surface area (TPSA) is 21.3 Å². The molecule has 0 radical (unpaired) electrons. The summed E-state index contributed by atoms with van der Waals surface area (Å²) in [5, 5.41) is 3.42. The van der Waals surface area contributed by atoms with E-state index in [2.05, 4.69) is 17.1 Å². The van der Waals surface area contributed by atoms with Crippen molar-refractivity contribution in [2.45, 2.75) is 38.2 Å². The van der Waals surface area contributed by atoms with Crippen LogP contribution in [0.2, 0.25) is 0 Å². The Morgan fingerprint density at radius 2 is 2.07 bits per heavy atom. The smallest absolute Gasteiger partial charge is 0.0666 e. The van der Waals surface area contributed by atoms with Crippen molar-refractivity contribution in [2.24, 2.45) is 5.92 Å². The molecule has 2 fully saturated rings. The quantitative estimate of drug-likeness (QED) is 0.731. The molecule has 0 aromatic rings. The highest BCUT2D eigenvalue weighted by molar-refractivity contribution is 7.99. The lowest BCUT2D eigenvalue weighted by molar-refractivity contribution is 0.129. The third-order valence-corrected chi connectivity index (χ3v) is 4.59. The fourth-order valence-electron chi connectivity index (χ4n) is 2.41. The highest BCUT2D eigenvalue weighted by Gasteiger charge is 2.16. The van der Waals surface area contributed by atoms with Gasteiger partial charge in [0.05, 0.1) is 6.10 Å². The molecule has 15 heavy (non-hydrogen) atoms. The molecule has 2 aliphatic rings. The zero-order valence-corrected chi connectivity index (χ0v) is 10.4. The Morgan fingerprint density at radius 3 is 2.80 bits per heavy atom. The Balaban J connectivity index is 1.47. The lowest BCUT2D eigenvalue weighted by Crippen LogP contribution is -2.28. The Morgan fingerprint density at radius 1 is 1.20 bits per heavy atom. The fraction of sp³-hybridized carbons (Fsp3) is 1.00. The van der Waals surface area contributed by atoms with E-state index in [1.807, 2.05) is 0 Å². The van der Waals surface area contributed by atoms with Crippen LogP contribution in [0.4, 0.5) is 0 Å². The Bertz CT molecular complexity index is 165. The second-order valence-corrected chi connectivity index (χ2v) is 5.84. The van der Waals surface area contributed by atoms with Crippen LogP contribution in [-0.4, -0.2) is 37.3 Å². The molecule has 1 N–H and O–H groups in total. The Kier molecular flexibility index (Phi) is 5.30. The molecule has 0 amide bonds. The predicted molar refractivity (Wildman–Crippen MR) is 66.5 cm³/mol. The van der Waals surface area contributed by atoms with Crippen LogP contribution in [0, 0.1) is 5.92 Å². The van der Waals surface area contributed by atoms with Crippen molar-refractivity contribution in [1.82, 2.24) is 5.32 Å². The van der Waals surface area contributed by atoms with E-state index >= 15 is 0 Å². The van der Waals surface area contributed by atoms with E-state index in [0.29, 0.717) is 6.10 Å². The summed E-state index contributed by atoms with van der Waals surface area (Å²) in [6.07, 6.45) is 7.34. The number of piperidine rings is 1. The van der Waals surface area contributed by atoms with E-state index in [0.717, 1.165) is 12.5 Å². The number of hydrogen-bond acceptors (Lipinski definition) is 3. The number of ether oxygens (including phenoxy) is 1. The van der Waals surface area contributed by atoms with Gasteiger partial charge in [-0.05, 0) is 56.9 Å². The number of nitrogens with one attached hydrogen (secondary N) is 1. The molecule has 2 rings (SSSR count). The number of hydrogen-bond donors (Lipinski definition) is 1. The lowest BCUT2D eigenvalue weighted by Gasteiger charge is -2.22. The van der Waals surface area contributed by atoms with Gasteiger partial charge < -0.3 is 10.1 Å². The van der Waals surface area contributed by atoms with Gasteiger partial charge in [-0.15, -0.1) is 0 Å². The fourth-order valence-corrected chi connectivity index (χ4v) is 3.60. The summed E-state index contributed by atoms with van der Waals surface area (Å²) in [7, 11) is 0. The van der Waals surface area contributed by atoms with E-state index in [-0.39, 0.29) is 0 Å². The summed E-state index contributed by atoms with van der Waals surface area (Å²) in [5.74, 6) is 3.55. The zero-order valence-electron chi connectivity index (χ0n) is 9.54. The third-order valence-electron chi connectivity index (χ3n) is 3.46. The van der Waals surface area contributed by atoms with Gasteiger partial charge in [-0.25, -0.2) is 0 Å². The molecule has 2 aliphatic heterocycles. The summed E-state index contributed by atoms with van der Waals surface area (Å²) in [5.41, 5.74) is 0. The molecule has 2 saturated heterocycles. The Labute approximate surface area is 97.5 Å². The van der Waals surface area contributed by atoms with Gasteiger partial charge in [0.25, 0.3) is 0 Å². The van der Waals surface area contributed by atoms with Crippen LogP contribution in [0.25, 0.3) is 0 Å². The van der Waals surface area contributed by atoms with Gasteiger partial charge in [-0.3, -0.25) is 0 Å². The first-order chi connectivity index (χ1) is 7.45. The van der Waals surface area contributed by atoms with Crippen LogP contribution in [0.1, 0.15) is 32.1 Å². The zero-order chi connectivity index (χ0) is 10.3. The van der Waals surface area contributed by atoms with Crippen LogP contribution in [0.15, 0.2) is 0 Å². The predicted octanol–water partition coefficient (Wildman–Crippen LogP) is 2.29. The first-order valence-corrected chi connectivity index (χ1v) is 7.50. The molecule has 1 atom stereocenters. The maximum Gasteiger partial charge on any atom is 0.0666 e. The van der Waals surface area contributed by atoms with E-state index in [1.54, 1.807) is 0 Å². The monoisotopic (exact) mass is 229 g/mol. The van der Waals surface area contributed by atoms with Crippen molar-refractivity contribution in [3.63, 3.8) is 0 Å². The Hall–Kier alpha value is 0.270. The molecule has 2 heterocycles. The highest BCUT2D eigenvalue weighted by atomic mass is 32.2. The van der Waals surface area contributed by atoms with Gasteiger partial charge in [0.2, 0.25) is 0 Å². The number of thioether (sulfide) groups is 1. The molecule has 0 aromatic heterocycles. The SMILES string of the molecule is C1COC(CSCCC2CCNCC2)C1.